The van der Waals surface area contributed by atoms with E-state index in [9.17, 15) is 9.90 Å². The Labute approximate surface area is 142 Å². The molecule has 0 saturated heterocycles. The number of ether oxygens (including phenoxy) is 1. The van der Waals surface area contributed by atoms with E-state index in [4.69, 9.17) is 4.74 Å². The van der Waals surface area contributed by atoms with Gasteiger partial charge in [0, 0.05) is 25.6 Å². The predicted molar refractivity (Wildman–Crippen MR) is 93.3 cm³/mol. The molecule has 2 saturated carbocycles. The third kappa shape index (κ3) is 4.79. The molecule has 0 aromatic heterocycles. The lowest BCUT2D eigenvalue weighted by Crippen LogP contribution is -2.37. The summed E-state index contributed by atoms with van der Waals surface area (Å²) in [7, 11) is 0. The van der Waals surface area contributed by atoms with Gasteiger partial charge in [0.05, 0.1) is 5.60 Å². The lowest BCUT2D eigenvalue weighted by Gasteiger charge is -2.40. The molecule has 3 unspecified atom stereocenters. The molecule has 2 aliphatic carbocycles. The van der Waals surface area contributed by atoms with Crippen LogP contribution in [0.25, 0.3) is 0 Å². The minimum absolute atomic E-state index is 0.236. The van der Waals surface area contributed by atoms with Crippen molar-refractivity contribution in [3.8, 4) is 0 Å². The van der Waals surface area contributed by atoms with Gasteiger partial charge >= 0.3 is 0 Å². The molecule has 4 atom stereocenters. The van der Waals surface area contributed by atoms with Crippen LogP contribution >= 0.6 is 0 Å². The van der Waals surface area contributed by atoms with Gasteiger partial charge in [-0.1, -0.05) is 6.92 Å². The summed E-state index contributed by atoms with van der Waals surface area (Å²) in [4.78, 5) is 12.2. The highest BCUT2D eigenvalue weighted by Gasteiger charge is 2.50. The van der Waals surface area contributed by atoms with Crippen molar-refractivity contribution in [2.24, 2.45) is 23.2 Å². The van der Waals surface area contributed by atoms with E-state index >= 15 is 0 Å². The molecule has 1 N–H and O–H groups in total. The van der Waals surface area contributed by atoms with Crippen molar-refractivity contribution in [3.05, 3.63) is 0 Å². The SMILES string of the molecule is CCOCC(CCC1CC[C@H]2C(=O)CCCC12C)CC(C)(C)O. The van der Waals surface area contributed by atoms with Crippen molar-refractivity contribution in [1.29, 1.82) is 0 Å². The van der Waals surface area contributed by atoms with Crippen molar-refractivity contribution in [2.75, 3.05) is 13.2 Å². The van der Waals surface area contributed by atoms with E-state index in [1.807, 2.05) is 20.8 Å². The Balaban J connectivity index is 1.93. The number of rotatable bonds is 8. The van der Waals surface area contributed by atoms with Gasteiger partial charge in [-0.3, -0.25) is 4.79 Å². The monoisotopic (exact) mass is 324 g/mol. The second-order valence-corrected chi connectivity index (χ2v) is 8.77. The molecular weight excluding hydrogens is 288 g/mol. The Hall–Kier alpha value is -0.410. The van der Waals surface area contributed by atoms with Crippen molar-refractivity contribution in [3.63, 3.8) is 0 Å². The summed E-state index contributed by atoms with van der Waals surface area (Å²) >= 11 is 0. The van der Waals surface area contributed by atoms with E-state index in [2.05, 4.69) is 6.92 Å². The van der Waals surface area contributed by atoms with E-state index in [0.29, 0.717) is 23.5 Å². The number of Topliss-reactive ketones (excluding diaryl/α,β-unsaturated/α-hetero) is 1. The quantitative estimate of drug-likeness (QED) is 0.721. The number of aliphatic hydroxyl groups is 1. The lowest BCUT2D eigenvalue weighted by molar-refractivity contribution is -0.129. The molecule has 0 spiro atoms. The zero-order valence-corrected chi connectivity index (χ0v) is 15.6. The summed E-state index contributed by atoms with van der Waals surface area (Å²) in [6.45, 7) is 9.64. The summed E-state index contributed by atoms with van der Waals surface area (Å²) < 4.78 is 5.64. The standard InChI is InChI=1S/C20H36O3/c1-5-23-14-15(13-19(2,3)22)8-9-16-10-11-17-18(21)7-6-12-20(16,17)4/h15-17,22H,5-14H2,1-4H3/t15?,16?,17-,20?/m0/s1. The largest absolute Gasteiger partial charge is 0.390 e. The van der Waals surface area contributed by atoms with Gasteiger partial charge in [0.2, 0.25) is 0 Å². The van der Waals surface area contributed by atoms with Gasteiger partial charge in [-0.05, 0) is 83.0 Å². The Bertz CT molecular complexity index is 398. The summed E-state index contributed by atoms with van der Waals surface area (Å²) in [5, 5.41) is 10.2. The lowest BCUT2D eigenvalue weighted by atomic mass is 9.64. The number of carbonyl (C=O) groups excluding carboxylic acids is 1. The third-order valence-corrected chi connectivity index (χ3v) is 6.33. The van der Waals surface area contributed by atoms with E-state index in [1.54, 1.807) is 0 Å². The normalized spacial score (nSPS) is 32.8. The van der Waals surface area contributed by atoms with Crippen molar-refractivity contribution in [2.45, 2.75) is 84.7 Å². The molecule has 0 amide bonds. The molecule has 0 aromatic carbocycles. The van der Waals surface area contributed by atoms with Gasteiger partial charge in [-0.15, -0.1) is 0 Å². The highest BCUT2D eigenvalue weighted by Crippen LogP contribution is 2.55. The smallest absolute Gasteiger partial charge is 0.136 e. The van der Waals surface area contributed by atoms with E-state index < -0.39 is 5.60 Å². The second kappa shape index (κ2) is 7.65. The van der Waals surface area contributed by atoms with Crippen LogP contribution in [0.2, 0.25) is 0 Å². The van der Waals surface area contributed by atoms with Crippen molar-refractivity contribution >= 4 is 5.78 Å². The maximum atomic E-state index is 12.2. The molecule has 2 aliphatic rings. The van der Waals surface area contributed by atoms with Crippen LogP contribution in [0.5, 0.6) is 0 Å². The Morgan fingerprint density at radius 2 is 2.13 bits per heavy atom. The molecule has 2 rings (SSSR count). The van der Waals surface area contributed by atoms with Crippen molar-refractivity contribution in [1.82, 2.24) is 0 Å². The van der Waals surface area contributed by atoms with Crippen LogP contribution in [0.3, 0.4) is 0 Å². The fraction of sp³-hybridized carbons (Fsp3) is 0.950. The summed E-state index contributed by atoms with van der Waals surface area (Å²) in [5.41, 5.74) is -0.398. The molecule has 2 fully saturated rings. The summed E-state index contributed by atoms with van der Waals surface area (Å²) in [6, 6.07) is 0. The van der Waals surface area contributed by atoms with Gasteiger partial charge < -0.3 is 9.84 Å². The molecule has 0 heterocycles. The highest BCUT2D eigenvalue weighted by atomic mass is 16.5. The average Bonchev–Trinajstić information content (AvgIpc) is 2.78. The van der Waals surface area contributed by atoms with Gasteiger partial charge in [-0.25, -0.2) is 0 Å². The van der Waals surface area contributed by atoms with Crippen LogP contribution in [-0.4, -0.2) is 29.7 Å². The molecule has 23 heavy (non-hydrogen) atoms. The van der Waals surface area contributed by atoms with Gasteiger partial charge in [0.25, 0.3) is 0 Å². The van der Waals surface area contributed by atoms with Crippen LogP contribution in [0.1, 0.15) is 79.1 Å². The summed E-state index contributed by atoms with van der Waals surface area (Å²) in [5.74, 6) is 1.92. The zero-order valence-electron chi connectivity index (χ0n) is 15.6. The third-order valence-electron chi connectivity index (χ3n) is 6.33. The molecule has 134 valence electrons. The van der Waals surface area contributed by atoms with E-state index in [1.165, 1.54) is 19.3 Å². The van der Waals surface area contributed by atoms with Crippen LogP contribution in [0, 0.1) is 23.2 Å². The van der Waals surface area contributed by atoms with E-state index in [0.717, 1.165) is 45.3 Å². The number of hydrogen-bond acceptors (Lipinski definition) is 3. The first-order valence-corrected chi connectivity index (χ1v) is 9.59. The molecule has 0 aromatic rings. The minimum atomic E-state index is -0.634. The van der Waals surface area contributed by atoms with Gasteiger partial charge in [0.1, 0.15) is 5.78 Å². The fourth-order valence-electron chi connectivity index (χ4n) is 5.18. The molecule has 0 radical (unpaired) electrons. The molecule has 0 bridgehead atoms. The van der Waals surface area contributed by atoms with Crippen LogP contribution in [-0.2, 0) is 9.53 Å². The Morgan fingerprint density at radius 1 is 1.39 bits per heavy atom. The first-order chi connectivity index (χ1) is 10.8. The van der Waals surface area contributed by atoms with Crippen LogP contribution < -0.4 is 0 Å². The molecular formula is C20H36O3. The Morgan fingerprint density at radius 3 is 2.78 bits per heavy atom. The van der Waals surface area contributed by atoms with E-state index in [-0.39, 0.29) is 5.41 Å². The number of carbonyl (C=O) groups is 1. The number of ketones is 1. The first kappa shape index (κ1) is 18.9. The first-order valence-electron chi connectivity index (χ1n) is 9.59. The minimum Gasteiger partial charge on any atom is -0.390 e. The number of fused-ring (bicyclic) bond motifs is 1. The van der Waals surface area contributed by atoms with Crippen LogP contribution in [0.4, 0.5) is 0 Å². The zero-order chi connectivity index (χ0) is 17.1. The van der Waals surface area contributed by atoms with Crippen LogP contribution in [0.15, 0.2) is 0 Å². The van der Waals surface area contributed by atoms with Crippen molar-refractivity contribution < 1.29 is 14.6 Å². The number of hydrogen-bond donors (Lipinski definition) is 1. The average molecular weight is 325 g/mol. The van der Waals surface area contributed by atoms with Gasteiger partial charge in [-0.2, -0.15) is 0 Å². The second-order valence-electron chi connectivity index (χ2n) is 8.77. The molecule has 3 nitrogen and oxygen atoms in total. The Kier molecular flexibility index (Phi) is 6.29. The maximum Gasteiger partial charge on any atom is 0.136 e. The highest BCUT2D eigenvalue weighted by molar-refractivity contribution is 5.83. The fourth-order valence-corrected chi connectivity index (χ4v) is 5.18. The summed E-state index contributed by atoms with van der Waals surface area (Å²) in [6.07, 6.45) is 8.47. The molecule has 3 heteroatoms. The topological polar surface area (TPSA) is 46.5 Å². The van der Waals surface area contributed by atoms with Gasteiger partial charge in [0.15, 0.2) is 0 Å². The molecule has 0 aliphatic heterocycles. The maximum absolute atomic E-state index is 12.2. The predicted octanol–water partition coefficient (Wildman–Crippen LogP) is 4.37.